The summed E-state index contributed by atoms with van der Waals surface area (Å²) in [6, 6.07) is 15.1. The van der Waals surface area contributed by atoms with E-state index in [0.29, 0.717) is 17.5 Å². The molecule has 158 valence electrons. The summed E-state index contributed by atoms with van der Waals surface area (Å²) in [6.45, 7) is 6.62. The molecule has 0 aliphatic rings. The fourth-order valence-electron chi connectivity index (χ4n) is 2.77. The highest BCUT2D eigenvalue weighted by Gasteiger charge is 2.17. The number of likely N-dealkylation sites (N-methyl/N-ethyl adjacent to an activating group) is 1. The smallest absolute Gasteiger partial charge is 0.260 e. The van der Waals surface area contributed by atoms with Crippen LogP contribution in [-0.4, -0.2) is 41.8 Å². The van der Waals surface area contributed by atoms with Crippen molar-refractivity contribution in [3.63, 3.8) is 0 Å². The third-order valence-corrected chi connectivity index (χ3v) is 4.68. The van der Waals surface area contributed by atoms with Crippen LogP contribution in [0.2, 0.25) is 0 Å². The van der Waals surface area contributed by atoms with Gasteiger partial charge in [0.05, 0.1) is 13.7 Å². The van der Waals surface area contributed by atoms with Gasteiger partial charge in [0.25, 0.3) is 5.91 Å². The van der Waals surface area contributed by atoms with E-state index in [-0.39, 0.29) is 24.5 Å². The Morgan fingerprint density at radius 3 is 2.23 bits per heavy atom. The van der Waals surface area contributed by atoms with Gasteiger partial charge in [-0.15, -0.1) is 10.2 Å². The number of ether oxygens (including phenoxy) is 2. The molecule has 3 aromatic rings. The molecular weight excluding hydrogens is 382 g/mol. The fourth-order valence-corrected chi connectivity index (χ4v) is 2.77. The lowest BCUT2D eigenvalue weighted by atomic mass is 9.87. The summed E-state index contributed by atoms with van der Waals surface area (Å²) in [5, 5.41) is 8.16. The largest absolute Gasteiger partial charge is 0.497 e. The van der Waals surface area contributed by atoms with Gasteiger partial charge >= 0.3 is 0 Å². The van der Waals surface area contributed by atoms with Crippen molar-refractivity contribution >= 4 is 5.91 Å². The molecule has 0 saturated carbocycles. The number of hydrogen-bond acceptors (Lipinski definition) is 6. The molecule has 1 amide bonds. The highest BCUT2D eigenvalue weighted by Crippen LogP contribution is 2.25. The van der Waals surface area contributed by atoms with E-state index in [4.69, 9.17) is 13.9 Å². The number of benzene rings is 2. The van der Waals surface area contributed by atoms with Crippen LogP contribution < -0.4 is 9.47 Å². The number of carbonyl (C=O) groups excluding carboxylic acids is 1. The van der Waals surface area contributed by atoms with E-state index in [1.807, 2.05) is 12.1 Å². The molecule has 0 unspecified atom stereocenters. The molecule has 0 radical (unpaired) electrons. The number of methoxy groups -OCH3 is 1. The Morgan fingerprint density at radius 2 is 1.63 bits per heavy atom. The van der Waals surface area contributed by atoms with Crippen molar-refractivity contribution in [1.82, 2.24) is 15.1 Å². The normalized spacial score (nSPS) is 11.2. The number of hydrogen-bond donors (Lipinski definition) is 0. The maximum Gasteiger partial charge on any atom is 0.260 e. The van der Waals surface area contributed by atoms with Gasteiger partial charge in [0.15, 0.2) is 6.61 Å². The first kappa shape index (κ1) is 21.4. The highest BCUT2D eigenvalue weighted by molar-refractivity contribution is 5.77. The third-order valence-electron chi connectivity index (χ3n) is 4.68. The average Bonchev–Trinajstić information content (AvgIpc) is 3.20. The van der Waals surface area contributed by atoms with E-state index in [1.54, 1.807) is 38.4 Å². The van der Waals surface area contributed by atoms with Gasteiger partial charge in [-0.3, -0.25) is 4.79 Å². The molecule has 0 spiro atoms. The molecule has 0 N–H and O–H groups in total. The van der Waals surface area contributed by atoms with Crippen molar-refractivity contribution in [2.24, 2.45) is 0 Å². The first-order valence-electron chi connectivity index (χ1n) is 9.70. The number of rotatable bonds is 7. The van der Waals surface area contributed by atoms with Gasteiger partial charge in [-0.1, -0.05) is 32.9 Å². The first-order chi connectivity index (χ1) is 14.3. The molecule has 3 rings (SSSR count). The van der Waals surface area contributed by atoms with Gasteiger partial charge in [0.2, 0.25) is 11.8 Å². The predicted octanol–water partition coefficient (Wildman–Crippen LogP) is 4.08. The Morgan fingerprint density at radius 1 is 1.00 bits per heavy atom. The zero-order valence-corrected chi connectivity index (χ0v) is 18.0. The molecule has 0 fully saturated rings. The van der Waals surface area contributed by atoms with Gasteiger partial charge in [0, 0.05) is 12.6 Å². The van der Waals surface area contributed by atoms with E-state index in [9.17, 15) is 4.79 Å². The Balaban J connectivity index is 1.55. The summed E-state index contributed by atoms with van der Waals surface area (Å²) in [7, 11) is 3.26. The van der Waals surface area contributed by atoms with Gasteiger partial charge in [-0.2, -0.15) is 0 Å². The molecule has 0 aliphatic heterocycles. The minimum absolute atomic E-state index is 0.0789. The van der Waals surface area contributed by atoms with E-state index in [1.165, 1.54) is 10.5 Å². The average molecular weight is 409 g/mol. The summed E-state index contributed by atoms with van der Waals surface area (Å²) >= 11 is 0. The predicted molar refractivity (Wildman–Crippen MR) is 113 cm³/mol. The molecule has 0 saturated heterocycles. The molecule has 7 heteroatoms. The van der Waals surface area contributed by atoms with Gasteiger partial charge in [-0.25, -0.2) is 0 Å². The second-order valence-electron chi connectivity index (χ2n) is 8.04. The molecule has 0 aliphatic carbocycles. The summed E-state index contributed by atoms with van der Waals surface area (Å²) < 4.78 is 16.4. The van der Waals surface area contributed by atoms with Gasteiger partial charge < -0.3 is 18.8 Å². The Kier molecular flexibility index (Phi) is 6.40. The minimum atomic E-state index is -0.194. The summed E-state index contributed by atoms with van der Waals surface area (Å²) in [5.74, 6) is 1.92. The SMILES string of the molecule is COc1ccc(OCC(=O)N(C)Cc2nnc(-c3ccc(C(C)(C)C)cc3)o2)cc1. The van der Waals surface area contributed by atoms with Gasteiger partial charge in [0.1, 0.15) is 11.5 Å². The summed E-state index contributed by atoms with van der Waals surface area (Å²) in [6.07, 6.45) is 0. The van der Waals surface area contributed by atoms with Gasteiger partial charge in [-0.05, 0) is 47.4 Å². The standard InChI is InChI=1S/C23H27N3O4/c1-23(2,3)17-8-6-16(7-9-17)22-25-24-20(30-22)14-26(4)21(27)15-29-19-12-10-18(28-5)11-13-19/h6-13H,14-15H2,1-5H3. The van der Waals surface area contributed by atoms with Crippen LogP contribution in [-0.2, 0) is 16.8 Å². The van der Waals surface area contributed by atoms with Crippen LogP contribution in [0, 0.1) is 0 Å². The molecule has 2 aromatic carbocycles. The van der Waals surface area contributed by atoms with Crippen LogP contribution in [0.4, 0.5) is 0 Å². The quantitative estimate of drug-likeness (QED) is 0.585. The zero-order chi connectivity index (χ0) is 21.7. The molecule has 30 heavy (non-hydrogen) atoms. The van der Waals surface area contributed by atoms with E-state index < -0.39 is 0 Å². The Labute approximate surface area is 176 Å². The highest BCUT2D eigenvalue weighted by atomic mass is 16.5. The monoisotopic (exact) mass is 409 g/mol. The zero-order valence-electron chi connectivity index (χ0n) is 18.0. The number of aromatic nitrogens is 2. The van der Waals surface area contributed by atoms with Crippen molar-refractivity contribution < 1.29 is 18.7 Å². The molecular formula is C23H27N3O4. The number of amides is 1. The van der Waals surface area contributed by atoms with Crippen LogP contribution in [0.1, 0.15) is 32.2 Å². The first-order valence-corrected chi connectivity index (χ1v) is 9.70. The Hall–Kier alpha value is -3.35. The second kappa shape index (κ2) is 8.98. The molecule has 1 aromatic heterocycles. The van der Waals surface area contributed by atoms with Crippen molar-refractivity contribution in [3.05, 3.63) is 60.0 Å². The third kappa shape index (κ3) is 5.37. The van der Waals surface area contributed by atoms with E-state index in [2.05, 4.69) is 43.1 Å². The van der Waals surface area contributed by atoms with Crippen molar-refractivity contribution in [2.45, 2.75) is 32.7 Å². The van der Waals surface area contributed by atoms with Crippen molar-refractivity contribution in [1.29, 1.82) is 0 Å². The van der Waals surface area contributed by atoms with Crippen LogP contribution >= 0.6 is 0 Å². The van der Waals surface area contributed by atoms with Crippen molar-refractivity contribution in [3.8, 4) is 23.0 Å². The lowest BCUT2D eigenvalue weighted by Crippen LogP contribution is -2.31. The molecule has 7 nitrogen and oxygen atoms in total. The Bertz CT molecular complexity index is 973. The molecule has 0 atom stereocenters. The molecule has 1 heterocycles. The van der Waals surface area contributed by atoms with Crippen LogP contribution in [0.3, 0.4) is 0 Å². The maximum atomic E-state index is 12.3. The minimum Gasteiger partial charge on any atom is -0.497 e. The summed E-state index contributed by atoms with van der Waals surface area (Å²) in [5.41, 5.74) is 2.15. The van der Waals surface area contributed by atoms with Crippen LogP contribution in [0.15, 0.2) is 52.9 Å². The summed E-state index contributed by atoms with van der Waals surface area (Å²) in [4.78, 5) is 13.8. The maximum absolute atomic E-state index is 12.3. The number of carbonyl (C=O) groups is 1. The second-order valence-corrected chi connectivity index (χ2v) is 8.04. The number of nitrogens with zero attached hydrogens (tertiary/aromatic N) is 3. The molecule has 0 bridgehead atoms. The van der Waals surface area contributed by atoms with Crippen molar-refractivity contribution in [2.75, 3.05) is 20.8 Å². The van der Waals surface area contributed by atoms with E-state index >= 15 is 0 Å². The lowest BCUT2D eigenvalue weighted by molar-refractivity contribution is -0.132. The fraction of sp³-hybridized carbons (Fsp3) is 0.348. The topological polar surface area (TPSA) is 77.7 Å². The van der Waals surface area contributed by atoms with Crippen LogP contribution in [0.25, 0.3) is 11.5 Å². The lowest BCUT2D eigenvalue weighted by Gasteiger charge is -2.18. The van der Waals surface area contributed by atoms with E-state index in [0.717, 1.165) is 11.3 Å². The van der Waals surface area contributed by atoms with Crippen LogP contribution in [0.5, 0.6) is 11.5 Å².